The number of sulfonamides is 1. The first kappa shape index (κ1) is 21.0. The van der Waals surface area contributed by atoms with Gasteiger partial charge in [0.15, 0.2) is 0 Å². The Balaban J connectivity index is 1.56. The summed E-state index contributed by atoms with van der Waals surface area (Å²) in [6.07, 6.45) is 0. The molecule has 3 aromatic rings. The van der Waals surface area contributed by atoms with Crippen LogP contribution in [-0.4, -0.2) is 37.6 Å². The average molecular weight is 433 g/mol. The van der Waals surface area contributed by atoms with Crippen molar-refractivity contribution in [2.24, 2.45) is 0 Å². The lowest BCUT2D eigenvalue weighted by Crippen LogP contribution is -2.28. The highest BCUT2D eigenvalue weighted by Crippen LogP contribution is 2.23. The van der Waals surface area contributed by atoms with Gasteiger partial charge in [0.05, 0.1) is 21.2 Å². The minimum Gasteiger partial charge on any atom is -0.492 e. The predicted molar refractivity (Wildman–Crippen MR) is 111 cm³/mol. The van der Waals surface area contributed by atoms with Crippen LogP contribution in [0.15, 0.2) is 52.7 Å². The number of aromatic nitrogens is 1. The first-order valence-corrected chi connectivity index (χ1v) is 11.1. The summed E-state index contributed by atoms with van der Waals surface area (Å²) < 4.78 is 32.7. The minimum atomic E-state index is -3.83. The topological polar surface area (TPSA) is 106 Å². The van der Waals surface area contributed by atoms with E-state index in [0.29, 0.717) is 11.3 Å². The van der Waals surface area contributed by atoms with Gasteiger partial charge in [-0.05, 0) is 55.8 Å². The fraction of sp³-hybridized carbons (Fsp3) is 0.200. The molecule has 0 aliphatic carbocycles. The highest BCUT2D eigenvalue weighted by atomic mass is 32.2. The number of rotatable bonds is 8. The van der Waals surface area contributed by atoms with E-state index in [0.717, 1.165) is 22.3 Å². The van der Waals surface area contributed by atoms with Crippen LogP contribution in [0, 0.1) is 13.8 Å². The number of aromatic carboxylic acids is 1. The van der Waals surface area contributed by atoms with Crippen molar-refractivity contribution in [1.82, 2.24) is 9.71 Å². The SMILES string of the molecule is Cc1nc(-c2ccc(OCCNS(=O)(=O)c3ccc(C)c(C(=O)O)c3)cc2)cs1. The molecule has 1 aromatic heterocycles. The van der Waals surface area contributed by atoms with E-state index in [1.165, 1.54) is 12.1 Å². The molecule has 0 spiro atoms. The Morgan fingerprint density at radius 3 is 2.52 bits per heavy atom. The van der Waals surface area contributed by atoms with Crippen molar-refractivity contribution in [3.8, 4) is 17.0 Å². The van der Waals surface area contributed by atoms with E-state index < -0.39 is 16.0 Å². The van der Waals surface area contributed by atoms with E-state index in [1.807, 2.05) is 24.4 Å². The lowest BCUT2D eigenvalue weighted by Gasteiger charge is -2.10. The molecule has 0 amide bonds. The fourth-order valence-electron chi connectivity index (χ4n) is 2.64. The van der Waals surface area contributed by atoms with Crippen LogP contribution in [0.4, 0.5) is 0 Å². The summed E-state index contributed by atoms with van der Waals surface area (Å²) in [4.78, 5) is 15.5. The second-order valence-corrected chi connectivity index (χ2v) is 9.13. The number of carboxylic acids is 1. The van der Waals surface area contributed by atoms with Crippen LogP contribution in [-0.2, 0) is 10.0 Å². The normalized spacial score (nSPS) is 11.4. The number of carboxylic acid groups (broad SMARTS) is 1. The number of hydrogen-bond acceptors (Lipinski definition) is 6. The van der Waals surface area contributed by atoms with Gasteiger partial charge in [-0.2, -0.15) is 0 Å². The van der Waals surface area contributed by atoms with Crippen molar-refractivity contribution in [2.75, 3.05) is 13.2 Å². The molecule has 0 saturated carbocycles. The second kappa shape index (κ2) is 8.73. The van der Waals surface area contributed by atoms with E-state index in [9.17, 15) is 13.2 Å². The number of nitrogens with zero attached hydrogens (tertiary/aromatic N) is 1. The molecule has 0 saturated heterocycles. The number of thiazole rings is 1. The molecule has 0 atom stereocenters. The van der Waals surface area contributed by atoms with Crippen LogP contribution in [0.25, 0.3) is 11.3 Å². The first-order chi connectivity index (χ1) is 13.8. The molecule has 0 radical (unpaired) electrons. The Morgan fingerprint density at radius 1 is 1.17 bits per heavy atom. The quantitative estimate of drug-likeness (QED) is 0.528. The van der Waals surface area contributed by atoms with Gasteiger partial charge in [0.2, 0.25) is 10.0 Å². The van der Waals surface area contributed by atoms with E-state index in [1.54, 1.807) is 30.4 Å². The highest BCUT2D eigenvalue weighted by Gasteiger charge is 2.17. The third-order valence-electron chi connectivity index (χ3n) is 4.18. The molecule has 0 fully saturated rings. The fourth-order valence-corrected chi connectivity index (χ4v) is 4.31. The number of nitrogens with one attached hydrogen (secondary N) is 1. The molecule has 29 heavy (non-hydrogen) atoms. The van der Waals surface area contributed by atoms with Crippen LogP contribution in [0.3, 0.4) is 0 Å². The van der Waals surface area contributed by atoms with Crippen LogP contribution in [0.1, 0.15) is 20.9 Å². The van der Waals surface area contributed by atoms with Crippen molar-refractivity contribution < 1.29 is 23.1 Å². The van der Waals surface area contributed by atoms with Gasteiger partial charge in [-0.25, -0.2) is 22.9 Å². The molecule has 0 bridgehead atoms. The predicted octanol–water partition coefficient (Wildman–Crippen LogP) is 3.48. The van der Waals surface area contributed by atoms with Crippen LogP contribution in [0.5, 0.6) is 5.75 Å². The molecule has 0 aliphatic rings. The van der Waals surface area contributed by atoms with Crippen LogP contribution >= 0.6 is 11.3 Å². The van der Waals surface area contributed by atoms with Crippen molar-refractivity contribution in [2.45, 2.75) is 18.7 Å². The number of benzene rings is 2. The molecule has 3 rings (SSSR count). The van der Waals surface area contributed by atoms with Gasteiger partial charge >= 0.3 is 5.97 Å². The number of carbonyl (C=O) groups is 1. The lowest BCUT2D eigenvalue weighted by molar-refractivity contribution is 0.0696. The third kappa shape index (κ3) is 5.20. The number of ether oxygens (including phenoxy) is 1. The Bertz CT molecular complexity index is 1120. The van der Waals surface area contributed by atoms with Gasteiger partial charge in [0, 0.05) is 17.5 Å². The summed E-state index contributed by atoms with van der Waals surface area (Å²) >= 11 is 1.58. The number of hydrogen-bond donors (Lipinski definition) is 2. The van der Waals surface area contributed by atoms with Crippen molar-refractivity contribution in [1.29, 1.82) is 0 Å². The Hall–Kier alpha value is -2.75. The van der Waals surface area contributed by atoms with Crippen LogP contribution in [0.2, 0.25) is 0 Å². The number of aryl methyl sites for hydroxylation is 2. The maximum Gasteiger partial charge on any atom is 0.335 e. The molecule has 9 heteroatoms. The monoisotopic (exact) mass is 432 g/mol. The summed E-state index contributed by atoms with van der Waals surface area (Å²) in [6.45, 7) is 3.74. The summed E-state index contributed by atoms with van der Waals surface area (Å²) in [6, 6.07) is 11.4. The van der Waals surface area contributed by atoms with Gasteiger partial charge < -0.3 is 9.84 Å². The first-order valence-electron chi connectivity index (χ1n) is 8.75. The van der Waals surface area contributed by atoms with Crippen LogP contribution < -0.4 is 9.46 Å². The zero-order valence-electron chi connectivity index (χ0n) is 15.9. The van der Waals surface area contributed by atoms with Crippen molar-refractivity contribution >= 4 is 27.3 Å². The molecular formula is C20H20N2O5S2. The van der Waals surface area contributed by atoms with E-state index in [2.05, 4.69) is 9.71 Å². The standard InChI is InChI=1S/C20H20N2O5S2/c1-13-3-8-17(11-18(13)20(23)24)29(25,26)21-9-10-27-16-6-4-15(5-7-16)19-12-28-14(2)22-19/h3-8,11-12,21H,9-10H2,1-2H3,(H,23,24). The smallest absolute Gasteiger partial charge is 0.335 e. The summed E-state index contributed by atoms with van der Waals surface area (Å²) in [7, 11) is -3.83. The van der Waals surface area contributed by atoms with E-state index >= 15 is 0 Å². The van der Waals surface area contributed by atoms with E-state index in [-0.39, 0.29) is 23.6 Å². The maximum atomic E-state index is 12.4. The Labute approximate surface area is 173 Å². The zero-order chi connectivity index (χ0) is 21.0. The largest absolute Gasteiger partial charge is 0.492 e. The van der Waals surface area contributed by atoms with Gasteiger partial charge in [-0.1, -0.05) is 6.07 Å². The van der Waals surface area contributed by atoms with Crippen molar-refractivity contribution in [3.63, 3.8) is 0 Å². The minimum absolute atomic E-state index is 0.0421. The Morgan fingerprint density at radius 2 is 1.90 bits per heavy atom. The van der Waals surface area contributed by atoms with Gasteiger partial charge in [-0.3, -0.25) is 0 Å². The van der Waals surface area contributed by atoms with Gasteiger partial charge in [-0.15, -0.1) is 11.3 Å². The molecule has 0 aliphatic heterocycles. The highest BCUT2D eigenvalue weighted by molar-refractivity contribution is 7.89. The molecule has 0 unspecified atom stereocenters. The maximum absolute atomic E-state index is 12.4. The lowest BCUT2D eigenvalue weighted by atomic mass is 10.1. The summed E-state index contributed by atoms with van der Waals surface area (Å²) in [5, 5.41) is 12.1. The average Bonchev–Trinajstić information content (AvgIpc) is 3.12. The van der Waals surface area contributed by atoms with Crippen molar-refractivity contribution in [3.05, 3.63) is 64.0 Å². The Kier molecular flexibility index (Phi) is 6.31. The summed E-state index contributed by atoms with van der Waals surface area (Å²) in [5.41, 5.74) is 2.34. The second-order valence-electron chi connectivity index (χ2n) is 6.30. The van der Waals surface area contributed by atoms with Gasteiger partial charge in [0.1, 0.15) is 12.4 Å². The molecule has 7 nitrogen and oxygen atoms in total. The zero-order valence-corrected chi connectivity index (χ0v) is 17.5. The molecule has 2 aromatic carbocycles. The molecule has 152 valence electrons. The third-order valence-corrected chi connectivity index (χ3v) is 6.41. The van der Waals surface area contributed by atoms with E-state index in [4.69, 9.17) is 9.84 Å². The molecule has 1 heterocycles. The van der Waals surface area contributed by atoms with Gasteiger partial charge in [0.25, 0.3) is 0 Å². The summed E-state index contributed by atoms with van der Waals surface area (Å²) in [5.74, 6) is -0.553. The molecule has 2 N–H and O–H groups in total. The molecular weight excluding hydrogens is 412 g/mol.